The number of tetrazole rings is 1. The number of benzene rings is 1. The molecule has 0 fully saturated rings. The fraction of sp³-hybridized carbons (Fsp3) is 0.111. The van der Waals surface area contributed by atoms with Gasteiger partial charge in [0.25, 0.3) is 0 Å². The summed E-state index contributed by atoms with van der Waals surface area (Å²) in [5, 5.41) is 10.7. The van der Waals surface area contributed by atoms with Gasteiger partial charge in [-0.1, -0.05) is 23.3 Å². The summed E-state index contributed by atoms with van der Waals surface area (Å²) in [6.45, 7) is 1.30. The number of hydrogen-bond donors (Lipinski definition) is 0. The molecule has 6 nitrogen and oxygen atoms in total. The first-order chi connectivity index (χ1) is 7.27. The molecule has 15 heavy (non-hydrogen) atoms. The smallest absolute Gasteiger partial charge is 0.348 e. The van der Waals surface area contributed by atoms with Crippen LogP contribution in [0.15, 0.2) is 30.3 Å². The van der Waals surface area contributed by atoms with Crippen LogP contribution in [-0.4, -0.2) is 26.2 Å². The molecule has 2 rings (SSSR count). The molecule has 76 valence electrons. The summed E-state index contributed by atoms with van der Waals surface area (Å²) in [5.41, 5.74) is 0.735. The van der Waals surface area contributed by atoms with Crippen LogP contribution < -0.4 is 4.74 Å². The Kier molecular flexibility index (Phi) is 2.40. The maximum Gasteiger partial charge on any atom is 0.348 e. The summed E-state index contributed by atoms with van der Waals surface area (Å²) in [4.78, 5) is 10.8. The maximum atomic E-state index is 10.8. The minimum Gasteiger partial charge on any atom is -0.390 e. The molecule has 0 amide bonds. The molecule has 0 aliphatic carbocycles. The van der Waals surface area contributed by atoms with E-state index < -0.39 is 5.97 Å². The standard InChI is InChI=1S/C9H8N4O2/c1-7(14)15-9-10-11-12-13(9)8-5-3-2-4-6-8/h2-6H,1H3. The largest absolute Gasteiger partial charge is 0.390 e. The molecule has 0 saturated carbocycles. The van der Waals surface area contributed by atoms with Gasteiger partial charge in [-0.2, -0.15) is 4.68 Å². The zero-order chi connectivity index (χ0) is 10.7. The number of nitrogens with zero attached hydrogens (tertiary/aromatic N) is 4. The van der Waals surface area contributed by atoms with Crippen molar-refractivity contribution >= 4 is 5.97 Å². The third-order valence-corrected chi connectivity index (χ3v) is 1.68. The Balaban J connectivity index is 2.37. The van der Waals surface area contributed by atoms with Crippen LogP contribution >= 0.6 is 0 Å². The summed E-state index contributed by atoms with van der Waals surface area (Å²) in [7, 11) is 0. The van der Waals surface area contributed by atoms with E-state index in [9.17, 15) is 4.79 Å². The van der Waals surface area contributed by atoms with Gasteiger partial charge in [0.2, 0.25) is 0 Å². The number of carbonyl (C=O) groups excluding carboxylic acids is 1. The maximum absolute atomic E-state index is 10.8. The normalized spacial score (nSPS) is 9.93. The number of ether oxygens (including phenoxy) is 1. The van der Waals surface area contributed by atoms with Crippen LogP contribution in [0.3, 0.4) is 0 Å². The monoisotopic (exact) mass is 204 g/mol. The Morgan fingerprint density at radius 2 is 2.07 bits per heavy atom. The fourth-order valence-electron chi connectivity index (χ4n) is 1.10. The van der Waals surface area contributed by atoms with E-state index in [0.29, 0.717) is 0 Å². The first kappa shape index (κ1) is 9.32. The Labute approximate surface area is 85.5 Å². The van der Waals surface area contributed by atoms with Gasteiger partial charge < -0.3 is 4.74 Å². The van der Waals surface area contributed by atoms with Gasteiger partial charge >= 0.3 is 12.0 Å². The quantitative estimate of drug-likeness (QED) is 0.669. The molecule has 0 aliphatic heterocycles. The van der Waals surface area contributed by atoms with E-state index in [2.05, 4.69) is 15.5 Å². The number of para-hydroxylation sites is 1. The van der Waals surface area contributed by atoms with Gasteiger partial charge in [0.15, 0.2) is 0 Å². The average molecular weight is 204 g/mol. The van der Waals surface area contributed by atoms with Gasteiger partial charge in [0.1, 0.15) is 0 Å². The van der Waals surface area contributed by atoms with Gasteiger partial charge in [-0.25, -0.2) is 0 Å². The summed E-state index contributed by atoms with van der Waals surface area (Å²) < 4.78 is 6.18. The lowest BCUT2D eigenvalue weighted by atomic mass is 10.3. The highest BCUT2D eigenvalue weighted by Crippen LogP contribution is 2.12. The molecule has 6 heteroatoms. The highest BCUT2D eigenvalue weighted by molar-refractivity contribution is 5.68. The van der Waals surface area contributed by atoms with Crippen molar-refractivity contribution in [1.29, 1.82) is 0 Å². The molecule has 0 aliphatic rings. The van der Waals surface area contributed by atoms with Crippen LogP contribution in [0, 0.1) is 0 Å². The van der Waals surface area contributed by atoms with Crippen molar-refractivity contribution in [3.63, 3.8) is 0 Å². The second-order valence-corrected chi connectivity index (χ2v) is 2.80. The molecule has 0 saturated heterocycles. The number of hydrogen-bond acceptors (Lipinski definition) is 5. The number of rotatable bonds is 2. The second-order valence-electron chi connectivity index (χ2n) is 2.80. The topological polar surface area (TPSA) is 69.9 Å². The molecule has 0 N–H and O–H groups in total. The van der Waals surface area contributed by atoms with Crippen LogP contribution in [0.4, 0.5) is 0 Å². The molecule has 0 bridgehead atoms. The average Bonchev–Trinajstić information content (AvgIpc) is 2.66. The highest BCUT2D eigenvalue weighted by atomic mass is 16.6. The van der Waals surface area contributed by atoms with E-state index in [-0.39, 0.29) is 6.01 Å². The van der Waals surface area contributed by atoms with E-state index in [1.807, 2.05) is 30.3 Å². The molecule has 1 aromatic carbocycles. The Morgan fingerprint density at radius 1 is 1.33 bits per heavy atom. The SMILES string of the molecule is CC(=O)Oc1nnnn1-c1ccccc1. The minimum atomic E-state index is -0.456. The van der Waals surface area contributed by atoms with Gasteiger partial charge in [-0.15, -0.1) is 0 Å². The Morgan fingerprint density at radius 3 is 2.73 bits per heavy atom. The number of carbonyl (C=O) groups is 1. The van der Waals surface area contributed by atoms with Crippen molar-refractivity contribution < 1.29 is 9.53 Å². The fourth-order valence-corrected chi connectivity index (χ4v) is 1.10. The number of aromatic nitrogens is 4. The minimum absolute atomic E-state index is 0.0636. The van der Waals surface area contributed by atoms with Crippen molar-refractivity contribution in [1.82, 2.24) is 20.2 Å². The Bertz CT molecular complexity index is 466. The molecule has 1 aromatic heterocycles. The Hall–Kier alpha value is -2.24. The van der Waals surface area contributed by atoms with Crippen LogP contribution in [0.25, 0.3) is 5.69 Å². The van der Waals surface area contributed by atoms with Crippen molar-refractivity contribution in [2.45, 2.75) is 6.92 Å². The predicted octanol–water partition coefficient (Wildman–Crippen LogP) is 0.588. The van der Waals surface area contributed by atoms with Crippen molar-refractivity contribution in [3.05, 3.63) is 30.3 Å². The molecule has 0 atom stereocenters. The third-order valence-electron chi connectivity index (χ3n) is 1.68. The summed E-state index contributed by atoms with van der Waals surface area (Å²) >= 11 is 0. The van der Waals surface area contributed by atoms with E-state index in [0.717, 1.165) is 5.69 Å². The predicted molar refractivity (Wildman–Crippen MR) is 50.5 cm³/mol. The molecular formula is C9H8N4O2. The highest BCUT2D eigenvalue weighted by Gasteiger charge is 2.10. The second kappa shape index (κ2) is 3.87. The first-order valence-electron chi connectivity index (χ1n) is 4.29. The van der Waals surface area contributed by atoms with E-state index in [4.69, 9.17) is 4.74 Å². The molecule has 0 radical (unpaired) electrons. The van der Waals surface area contributed by atoms with Crippen LogP contribution in [-0.2, 0) is 4.79 Å². The van der Waals surface area contributed by atoms with Crippen molar-refractivity contribution in [3.8, 4) is 11.7 Å². The molecule has 0 spiro atoms. The van der Waals surface area contributed by atoms with Crippen LogP contribution in [0.5, 0.6) is 6.01 Å². The number of esters is 1. The summed E-state index contributed by atoms with van der Waals surface area (Å²) in [6.07, 6.45) is 0. The molecule has 2 aromatic rings. The van der Waals surface area contributed by atoms with Gasteiger partial charge in [-0.05, 0) is 22.6 Å². The van der Waals surface area contributed by atoms with Crippen LogP contribution in [0.1, 0.15) is 6.92 Å². The lowest BCUT2D eigenvalue weighted by Crippen LogP contribution is -2.08. The van der Waals surface area contributed by atoms with Crippen molar-refractivity contribution in [2.75, 3.05) is 0 Å². The molecular weight excluding hydrogens is 196 g/mol. The lowest BCUT2D eigenvalue weighted by Gasteiger charge is -2.02. The molecule has 1 heterocycles. The first-order valence-corrected chi connectivity index (χ1v) is 4.29. The van der Waals surface area contributed by atoms with Gasteiger partial charge in [-0.3, -0.25) is 4.79 Å². The zero-order valence-electron chi connectivity index (χ0n) is 7.99. The summed E-state index contributed by atoms with van der Waals surface area (Å²) in [5.74, 6) is -0.456. The van der Waals surface area contributed by atoms with Crippen molar-refractivity contribution in [2.24, 2.45) is 0 Å². The van der Waals surface area contributed by atoms with Crippen LogP contribution in [0.2, 0.25) is 0 Å². The van der Waals surface area contributed by atoms with Gasteiger partial charge in [0.05, 0.1) is 5.69 Å². The summed E-state index contributed by atoms with van der Waals surface area (Å²) in [6, 6.07) is 9.24. The zero-order valence-corrected chi connectivity index (χ0v) is 7.99. The van der Waals surface area contributed by atoms with Gasteiger partial charge in [0, 0.05) is 6.92 Å². The van der Waals surface area contributed by atoms with E-state index >= 15 is 0 Å². The third kappa shape index (κ3) is 1.98. The van der Waals surface area contributed by atoms with E-state index in [1.165, 1.54) is 11.6 Å². The lowest BCUT2D eigenvalue weighted by molar-refractivity contribution is -0.132. The molecule has 0 unspecified atom stereocenters. The van der Waals surface area contributed by atoms with E-state index in [1.54, 1.807) is 0 Å².